The summed E-state index contributed by atoms with van der Waals surface area (Å²) < 4.78 is 0. The van der Waals surface area contributed by atoms with Crippen molar-refractivity contribution in [3.05, 3.63) is 0 Å². The molecule has 0 aliphatic carbocycles. The smallest absolute Gasteiger partial charge is 0.0905 e. The van der Waals surface area contributed by atoms with Gasteiger partial charge >= 0.3 is 0 Å². The third kappa shape index (κ3) is 5.43. The lowest BCUT2D eigenvalue weighted by atomic mass is 10.3. The maximum absolute atomic E-state index is 6.82. The molecule has 8 heavy (non-hydrogen) atoms. The van der Waals surface area contributed by atoms with Crippen molar-refractivity contribution in [2.24, 2.45) is 5.73 Å². The first kappa shape index (κ1) is 7.43. The maximum Gasteiger partial charge on any atom is 0.0905 e. The van der Waals surface area contributed by atoms with Crippen LogP contribution in [0.1, 0.15) is 12.8 Å². The number of rotatable bonds is 4. The van der Waals surface area contributed by atoms with Crippen LogP contribution in [0.5, 0.6) is 0 Å². The summed E-state index contributed by atoms with van der Waals surface area (Å²) >= 11 is 0. The zero-order valence-electron chi connectivity index (χ0n) is 5.20. The van der Waals surface area contributed by atoms with Gasteiger partial charge in [0.1, 0.15) is 0 Å². The number of amidine groups is 1. The molecule has 0 heterocycles. The van der Waals surface area contributed by atoms with E-state index in [0.717, 1.165) is 13.0 Å². The number of hydrogen-bond acceptors (Lipinski definition) is 2. The lowest BCUT2D eigenvalue weighted by Crippen LogP contribution is -2.14. The summed E-state index contributed by atoms with van der Waals surface area (Å²) in [7, 11) is 1.89. The molecule has 0 radical (unpaired) electrons. The molecule has 0 bridgehead atoms. The van der Waals surface area contributed by atoms with Gasteiger partial charge in [-0.15, -0.1) is 0 Å². The van der Waals surface area contributed by atoms with E-state index in [1.807, 2.05) is 7.05 Å². The molecule has 0 fully saturated rings. The lowest BCUT2D eigenvalue weighted by Gasteiger charge is -1.95. The molecule has 0 aromatic carbocycles. The van der Waals surface area contributed by atoms with E-state index in [1.165, 1.54) is 0 Å². The molecule has 0 saturated carbocycles. The molecule has 3 nitrogen and oxygen atoms in total. The highest BCUT2D eigenvalue weighted by atomic mass is 14.8. The first-order chi connectivity index (χ1) is 3.77. The summed E-state index contributed by atoms with van der Waals surface area (Å²) in [6.07, 6.45) is 1.67. The first-order valence-corrected chi connectivity index (χ1v) is 2.75. The van der Waals surface area contributed by atoms with E-state index in [0.29, 0.717) is 6.42 Å². The minimum Gasteiger partial charge on any atom is -0.388 e. The van der Waals surface area contributed by atoms with Gasteiger partial charge in [0.15, 0.2) is 0 Å². The Bertz CT molecular complexity index is 70.1. The van der Waals surface area contributed by atoms with Gasteiger partial charge in [-0.3, -0.25) is 5.41 Å². The number of nitrogens with two attached hydrogens (primary N) is 1. The molecule has 0 saturated heterocycles. The molecule has 4 N–H and O–H groups in total. The zero-order chi connectivity index (χ0) is 6.41. The average Bonchev–Trinajstić information content (AvgIpc) is 1.66. The van der Waals surface area contributed by atoms with Crippen LogP contribution in [0.15, 0.2) is 0 Å². The van der Waals surface area contributed by atoms with Crippen molar-refractivity contribution in [1.82, 2.24) is 5.32 Å². The van der Waals surface area contributed by atoms with Crippen LogP contribution < -0.4 is 11.1 Å². The Morgan fingerprint density at radius 2 is 2.38 bits per heavy atom. The average molecular weight is 115 g/mol. The van der Waals surface area contributed by atoms with E-state index in [4.69, 9.17) is 11.1 Å². The van der Waals surface area contributed by atoms with Crippen LogP contribution in [-0.4, -0.2) is 19.4 Å². The third-order valence-corrected chi connectivity index (χ3v) is 0.873. The summed E-state index contributed by atoms with van der Waals surface area (Å²) in [6.45, 7) is 0.944. The largest absolute Gasteiger partial charge is 0.388 e. The summed E-state index contributed by atoms with van der Waals surface area (Å²) in [5, 5.41) is 9.79. The molecule has 0 aliphatic rings. The van der Waals surface area contributed by atoms with Crippen LogP contribution in [0.25, 0.3) is 0 Å². The third-order valence-electron chi connectivity index (χ3n) is 0.873. The molecular weight excluding hydrogens is 102 g/mol. The van der Waals surface area contributed by atoms with Gasteiger partial charge in [0.25, 0.3) is 0 Å². The molecule has 3 heteroatoms. The highest BCUT2D eigenvalue weighted by Gasteiger charge is 1.86. The molecule has 0 rings (SSSR count). The number of hydrogen-bond donors (Lipinski definition) is 3. The van der Waals surface area contributed by atoms with Gasteiger partial charge in [-0.25, -0.2) is 0 Å². The fourth-order valence-corrected chi connectivity index (χ4v) is 0.456. The second-order valence-corrected chi connectivity index (χ2v) is 1.73. The van der Waals surface area contributed by atoms with Crippen molar-refractivity contribution in [2.45, 2.75) is 12.8 Å². The van der Waals surface area contributed by atoms with Crippen LogP contribution in [-0.2, 0) is 0 Å². The van der Waals surface area contributed by atoms with Gasteiger partial charge in [-0.05, 0) is 20.0 Å². The quantitative estimate of drug-likeness (QED) is 0.273. The molecule has 0 spiro atoms. The first-order valence-electron chi connectivity index (χ1n) is 2.75. The van der Waals surface area contributed by atoms with Crippen LogP contribution in [0.2, 0.25) is 0 Å². The van der Waals surface area contributed by atoms with Gasteiger partial charge < -0.3 is 11.1 Å². The normalized spacial score (nSPS) is 9.12. The maximum atomic E-state index is 6.82. The van der Waals surface area contributed by atoms with Crippen LogP contribution in [0, 0.1) is 5.41 Å². The Balaban J connectivity index is 2.82. The highest BCUT2D eigenvalue weighted by Crippen LogP contribution is 1.82. The van der Waals surface area contributed by atoms with Gasteiger partial charge in [0.2, 0.25) is 0 Å². The van der Waals surface area contributed by atoms with Crippen LogP contribution >= 0.6 is 0 Å². The van der Waals surface area contributed by atoms with Gasteiger partial charge in [-0.2, -0.15) is 0 Å². The van der Waals surface area contributed by atoms with Crippen molar-refractivity contribution in [3.63, 3.8) is 0 Å². The van der Waals surface area contributed by atoms with E-state index in [-0.39, 0.29) is 5.84 Å². The van der Waals surface area contributed by atoms with E-state index in [9.17, 15) is 0 Å². The number of nitrogens with one attached hydrogen (secondary N) is 2. The molecule has 0 amide bonds. The summed E-state index contributed by atoms with van der Waals surface area (Å²) in [5.74, 6) is 0.278. The zero-order valence-corrected chi connectivity index (χ0v) is 5.20. The van der Waals surface area contributed by atoms with Crippen molar-refractivity contribution < 1.29 is 0 Å². The minimum absolute atomic E-state index is 0.278. The van der Waals surface area contributed by atoms with Crippen molar-refractivity contribution in [1.29, 1.82) is 5.41 Å². The second-order valence-electron chi connectivity index (χ2n) is 1.73. The monoisotopic (exact) mass is 115 g/mol. The van der Waals surface area contributed by atoms with Crippen LogP contribution in [0.4, 0.5) is 0 Å². The summed E-state index contributed by atoms with van der Waals surface area (Å²) in [4.78, 5) is 0. The molecular formula is C5H13N3. The minimum atomic E-state index is 0.278. The Kier molecular flexibility index (Phi) is 4.26. The Morgan fingerprint density at radius 3 is 2.75 bits per heavy atom. The summed E-state index contributed by atoms with van der Waals surface area (Å²) in [6, 6.07) is 0. The van der Waals surface area contributed by atoms with E-state index in [1.54, 1.807) is 0 Å². The van der Waals surface area contributed by atoms with E-state index >= 15 is 0 Å². The lowest BCUT2D eigenvalue weighted by molar-refractivity contribution is 0.743. The van der Waals surface area contributed by atoms with Crippen molar-refractivity contribution in [3.8, 4) is 0 Å². The van der Waals surface area contributed by atoms with Gasteiger partial charge in [0.05, 0.1) is 5.84 Å². The molecule has 0 aromatic heterocycles. The molecule has 0 unspecified atom stereocenters. The highest BCUT2D eigenvalue weighted by molar-refractivity contribution is 5.76. The second kappa shape index (κ2) is 4.59. The van der Waals surface area contributed by atoms with Crippen molar-refractivity contribution in [2.75, 3.05) is 13.6 Å². The standard InChI is InChI=1S/C5H13N3/c1-8-4-2-3-5(6)7/h8H,2-4H2,1H3,(H3,6,7). The Labute approximate surface area is 49.8 Å². The Hall–Kier alpha value is -0.570. The van der Waals surface area contributed by atoms with E-state index in [2.05, 4.69) is 5.32 Å². The van der Waals surface area contributed by atoms with Crippen LogP contribution in [0.3, 0.4) is 0 Å². The molecule has 0 aliphatic heterocycles. The SMILES string of the molecule is CNCCCC(=N)N. The molecule has 0 aromatic rings. The van der Waals surface area contributed by atoms with Crippen molar-refractivity contribution >= 4 is 5.84 Å². The molecule has 48 valence electrons. The summed E-state index contributed by atoms with van der Waals surface area (Å²) in [5.41, 5.74) is 5.09. The van der Waals surface area contributed by atoms with Gasteiger partial charge in [-0.1, -0.05) is 0 Å². The fourth-order valence-electron chi connectivity index (χ4n) is 0.456. The predicted octanol–water partition coefficient (Wildman–Crippen LogP) is -0.0780. The Morgan fingerprint density at radius 1 is 1.75 bits per heavy atom. The fraction of sp³-hybridized carbons (Fsp3) is 0.800. The van der Waals surface area contributed by atoms with Gasteiger partial charge in [0, 0.05) is 6.42 Å². The van der Waals surface area contributed by atoms with E-state index < -0.39 is 0 Å². The topological polar surface area (TPSA) is 61.9 Å². The predicted molar refractivity (Wildman–Crippen MR) is 35.1 cm³/mol. The molecule has 0 atom stereocenters.